The lowest BCUT2D eigenvalue weighted by Crippen LogP contribution is -2.33. The van der Waals surface area contributed by atoms with Gasteiger partial charge in [0.25, 0.3) is 0 Å². The van der Waals surface area contributed by atoms with Crippen molar-refractivity contribution in [3.63, 3.8) is 0 Å². The molecule has 0 amide bonds. The van der Waals surface area contributed by atoms with Gasteiger partial charge in [-0.25, -0.2) is 17.8 Å². The van der Waals surface area contributed by atoms with Gasteiger partial charge in [-0.1, -0.05) is 6.08 Å². The fraction of sp³-hybridized carbons (Fsp3) is 0.318. The number of H-pyrrole nitrogens is 1. The van der Waals surface area contributed by atoms with Gasteiger partial charge in [0.15, 0.2) is 0 Å². The van der Waals surface area contributed by atoms with E-state index in [0.29, 0.717) is 36.5 Å². The molecule has 4 rings (SSSR count). The van der Waals surface area contributed by atoms with E-state index in [0.717, 1.165) is 22.2 Å². The summed E-state index contributed by atoms with van der Waals surface area (Å²) >= 11 is 0. The molecule has 3 aromatic rings. The molecule has 1 aromatic carbocycles. The average Bonchev–Trinajstić information content (AvgIpc) is 3.13. The van der Waals surface area contributed by atoms with Gasteiger partial charge in [0, 0.05) is 35.9 Å². The molecule has 0 spiro atoms. The van der Waals surface area contributed by atoms with Crippen LogP contribution in [0.3, 0.4) is 0 Å². The first kappa shape index (κ1) is 20.6. The number of aromatic amines is 1. The highest BCUT2D eigenvalue weighted by Crippen LogP contribution is 2.37. The Morgan fingerprint density at radius 2 is 2.00 bits per heavy atom. The Kier molecular flexibility index (Phi) is 5.38. The van der Waals surface area contributed by atoms with Crippen molar-refractivity contribution in [2.45, 2.75) is 26.4 Å². The van der Waals surface area contributed by atoms with Crippen molar-refractivity contribution in [2.24, 2.45) is 0 Å². The van der Waals surface area contributed by atoms with Crippen molar-refractivity contribution < 1.29 is 17.5 Å². The molecule has 30 heavy (non-hydrogen) atoms. The SMILES string of the molecule is CC(C)Oc1ccc(F)cc1-c1ccnc2[nH]c(C3=CCN(S(C)(=O)=O)CC3)cc12. The lowest BCUT2D eigenvalue weighted by Gasteiger charge is -2.23. The number of pyridine rings is 1. The average molecular weight is 430 g/mol. The van der Waals surface area contributed by atoms with Gasteiger partial charge in [-0.15, -0.1) is 0 Å². The Bertz CT molecular complexity index is 1230. The maximum Gasteiger partial charge on any atom is 0.211 e. The predicted octanol–water partition coefficient (Wildman–Crippen LogP) is 4.20. The smallest absolute Gasteiger partial charge is 0.211 e. The van der Waals surface area contributed by atoms with E-state index in [1.54, 1.807) is 12.3 Å². The van der Waals surface area contributed by atoms with Crippen LogP contribution in [0.2, 0.25) is 0 Å². The lowest BCUT2D eigenvalue weighted by atomic mass is 10.0. The Labute approximate surface area is 175 Å². The first-order valence-corrected chi connectivity index (χ1v) is 11.7. The molecule has 2 aromatic heterocycles. The van der Waals surface area contributed by atoms with Crippen molar-refractivity contribution in [1.82, 2.24) is 14.3 Å². The van der Waals surface area contributed by atoms with Crippen LogP contribution in [0.25, 0.3) is 27.7 Å². The van der Waals surface area contributed by atoms with Crippen LogP contribution < -0.4 is 4.74 Å². The summed E-state index contributed by atoms with van der Waals surface area (Å²) < 4.78 is 44.9. The van der Waals surface area contributed by atoms with E-state index in [2.05, 4.69) is 9.97 Å². The standard InChI is InChI=1S/C22H24FN3O3S/c1-14(2)29-21-5-4-16(23)12-18(21)17-6-9-24-22-19(17)13-20(25-22)15-7-10-26(11-8-15)30(3,27)28/h4-7,9,12-14H,8,10-11H2,1-3H3,(H,24,25). The number of halogens is 1. The molecule has 1 N–H and O–H groups in total. The third kappa shape index (κ3) is 4.11. The van der Waals surface area contributed by atoms with Gasteiger partial charge in [-0.2, -0.15) is 4.31 Å². The second-order valence-corrected chi connectivity index (χ2v) is 9.69. The largest absolute Gasteiger partial charge is 0.490 e. The fourth-order valence-corrected chi connectivity index (χ4v) is 4.47. The van der Waals surface area contributed by atoms with Crippen molar-refractivity contribution in [2.75, 3.05) is 19.3 Å². The topological polar surface area (TPSA) is 75.3 Å². The summed E-state index contributed by atoms with van der Waals surface area (Å²) in [5.74, 6) is 0.278. The molecule has 0 unspecified atom stereocenters. The van der Waals surface area contributed by atoms with Crippen LogP contribution in [-0.4, -0.2) is 48.1 Å². The van der Waals surface area contributed by atoms with E-state index < -0.39 is 10.0 Å². The van der Waals surface area contributed by atoms with E-state index in [9.17, 15) is 12.8 Å². The second-order valence-electron chi connectivity index (χ2n) is 7.71. The monoisotopic (exact) mass is 429 g/mol. The number of hydrogen-bond donors (Lipinski definition) is 1. The van der Waals surface area contributed by atoms with Gasteiger partial charge in [0.2, 0.25) is 10.0 Å². The van der Waals surface area contributed by atoms with Crippen molar-refractivity contribution in [3.8, 4) is 16.9 Å². The lowest BCUT2D eigenvalue weighted by molar-refractivity contribution is 0.243. The zero-order chi connectivity index (χ0) is 21.5. The first-order valence-electron chi connectivity index (χ1n) is 9.81. The summed E-state index contributed by atoms with van der Waals surface area (Å²) in [6, 6.07) is 8.35. The number of nitrogens with one attached hydrogen (secondary N) is 1. The van der Waals surface area contributed by atoms with E-state index in [1.807, 2.05) is 32.1 Å². The molecule has 0 aliphatic carbocycles. The molecule has 6 nitrogen and oxygen atoms in total. The molecule has 0 atom stereocenters. The third-order valence-electron chi connectivity index (χ3n) is 5.11. The quantitative estimate of drug-likeness (QED) is 0.659. The zero-order valence-corrected chi connectivity index (χ0v) is 18.0. The van der Waals surface area contributed by atoms with Crippen LogP contribution in [0.1, 0.15) is 26.0 Å². The van der Waals surface area contributed by atoms with Gasteiger partial charge >= 0.3 is 0 Å². The fourth-order valence-electron chi connectivity index (χ4n) is 3.70. The Hall–Kier alpha value is -2.71. The molecule has 1 aliphatic heterocycles. The molecular weight excluding hydrogens is 405 g/mol. The van der Waals surface area contributed by atoms with Gasteiger partial charge < -0.3 is 9.72 Å². The van der Waals surface area contributed by atoms with Crippen LogP contribution in [0.4, 0.5) is 4.39 Å². The number of benzene rings is 1. The minimum absolute atomic E-state index is 0.0430. The van der Waals surface area contributed by atoms with Crippen LogP contribution in [0.15, 0.2) is 42.6 Å². The van der Waals surface area contributed by atoms with Crippen molar-refractivity contribution in [3.05, 3.63) is 54.1 Å². The minimum Gasteiger partial charge on any atom is -0.490 e. The maximum absolute atomic E-state index is 14.1. The van der Waals surface area contributed by atoms with Gasteiger partial charge in [0.05, 0.1) is 12.4 Å². The highest BCUT2D eigenvalue weighted by Gasteiger charge is 2.22. The normalized spacial score (nSPS) is 15.6. The number of rotatable bonds is 5. The van der Waals surface area contributed by atoms with E-state index in [-0.39, 0.29) is 11.9 Å². The van der Waals surface area contributed by atoms with Gasteiger partial charge in [0.1, 0.15) is 17.2 Å². The van der Waals surface area contributed by atoms with Gasteiger partial charge in [-0.3, -0.25) is 0 Å². The minimum atomic E-state index is -3.20. The summed E-state index contributed by atoms with van der Waals surface area (Å²) in [5.41, 5.74) is 4.11. The highest BCUT2D eigenvalue weighted by molar-refractivity contribution is 7.88. The Balaban J connectivity index is 1.76. The van der Waals surface area contributed by atoms with E-state index in [1.165, 1.54) is 22.7 Å². The number of hydrogen-bond acceptors (Lipinski definition) is 4. The molecular formula is C22H24FN3O3S. The number of sulfonamides is 1. The summed E-state index contributed by atoms with van der Waals surface area (Å²) in [4.78, 5) is 7.75. The summed E-state index contributed by atoms with van der Waals surface area (Å²) in [6.45, 7) is 4.65. The van der Waals surface area contributed by atoms with Crippen LogP contribution >= 0.6 is 0 Å². The molecule has 1 aliphatic rings. The second kappa shape index (κ2) is 7.85. The molecule has 158 valence electrons. The molecule has 0 radical (unpaired) electrons. The van der Waals surface area contributed by atoms with Crippen LogP contribution in [0, 0.1) is 5.82 Å². The summed E-state index contributed by atoms with van der Waals surface area (Å²) in [5, 5.41) is 0.859. The Morgan fingerprint density at radius 1 is 1.20 bits per heavy atom. The highest BCUT2D eigenvalue weighted by atomic mass is 32.2. The molecule has 0 fully saturated rings. The molecule has 0 saturated heterocycles. The third-order valence-corrected chi connectivity index (χ3v) is 6.38. The summed E-state index contributed by atoms with van der Waals surface area (Å²) in [7, 11) is -3.20. The summed E-state index contributed by atoms with van der Waals surface area (Å²) in [6.07, 6.45) is 5.39. The van der Waals surface area contributed by atoms with Gasteiger partial charge in [-0.05, 0) is 61.7 Å². The number of fused-ring (bicyclic) bond motifs is 1. The molecule has 0 saturated carbocycles. The molecule has 0 bridgehead atoms. The Morgan fingerprint density at radius 3 is 2.67 bits per heavy atom. The molecule has 8 heteroatoms. The number of ether oxygens (including phenoxy) is 1. The number of nitrogens with zero attached hydrogens (tertiary/aromatic N) is 2. The van der Waals surface area contributed by atoms with Crippen molar-refractivity contribution >= 4 is 26.6 Å². The number of aromatic nitrogens is 2. The maximum atomic E-state index is 14.1. The van der Waals surface area contributed by atoms with E-state index >= 15 is 0 Å². The van der Waals surface area contributed by atoms with Crippen molar-refractivity contribution in [1.29, 1.82) is 0 Å². The molecule has 3 heterocycles. The van der Waals surface area contributed by atoms with Crippen LogP contribution in [0.5, 0.6) is 5.75 Å². The van der Waals surface area contributed by atoms with Crippen LogP contribution in [-0.2, 0) is 10.0 Å². The van der Waals surface area contributed by atoms with E-state index in [4.69, 9.17) is 4.74 Å². The first-order chi connectivity index (χ1) is 14.2. The predicted molar refractivity (Wildman–Crippen MR) is 116 cm³/mol. The zero-order valence-electron chi connectivity index (χ0n) is 17.1.